The summed E-state index contributed by atoms with van der Waals surface area (Å²) in [6.07, 6.45) is 4.88. The zero-order valence-electron chi connectivity index (χ0n) is 16.5. The lowest BCUT2D eigenvalue weighted by Gasteiger charge is -2.34. The van der Waals surface area contributed by atoms with Gasteiger partial charge >= 0.3 is 0 Å². The molecule has 0 aromatic heterocycles. The van der Waals surface area contributed by atoms with Crippen LogP contribution in [0.1, 0.15) is 32.6 Å². The molecular weight excluding hydrogens is 439 g/mol. The lowest BCUT2D eigenvalue weighted by molar-refractivity contribution is 0.129. The van der Waals surface area contributed by atoms with Crippen LogP contribution in [0.3, 0.4) is 0 Å². The average molecular weight is 474 g/mol. The lowest BCUT2D eigenvalue weighted by Crippen LogP contribution is -2.48. The highest BCUT2D eigenvalue weighted by Crippen LogP contribution is 2.18. The van der Waals surface area contributed by atoms with Gasteiger partial charge in [-0.2, -0.15) is 0 Å². The number of unbranched alkanes of at least 4 members (excludes halogenated alkanes) is 1. The minimum absolute atomic E-state index is 0. The van der Waals surface area contributed by atoms with Crippen molar-refractivity contribution in [3.05, 3.63) is 30.3 Å². The van der Waals surface area contributed by atoms with Crippen LogP contribution < -0.4 is 10.1 Å². The smallest absolute Gasteiger partial charge is 0.193 e. The fourth-order valence-corrected chi connectivity index (χ4v) is 3.11. The van der Waals surface area contributed by atoms with E-state index in [-0.39, 0.29) is 24.0 Å². The van der Waals surface area contributed by atoms with E-state index in [1.807, 2.05) is 37.4 Å². The minimum Gasteiger partial charge on any atom is -0.490 e. The van der Waals surface area contributed by atoms with Gasteiger partial charge in [-0.1, -0.05) is 31.5 Å². The highest BCUT2D eigenvalue weighted by Gasteiger charge is 2.22. The molecule has 0 unspecified atom stereocenters. The number of para-hydroxylation sites is 1. The van der Waals surface area contributed by atoms with Crippen LogP contribution in [0.5, 0.6) is 5.75 Å². The zero-order valence-corrected chi connectivity index (χ0v) is 18.8. The Hall–Kier alpha value is -1.02. The molecule has 0 amide bonds. The van der Waals surface area contributed by atoms with Gasteiger partial charge in [-0.25, -0.2) is 0 Å². The molecule has 5 nitrogen and oxygen atoms in total. The topological polar surface area (TPSA) is 40.1 Å². The average Bonchev–Trinajstić information content (AvgIpc) is 2.65. The molecule has 1 aliphatic rings. The van der Waals surface area contributed by atoms with Gasteiger partial charge in [-0.3, -0.25) is 4.99 Å². The molecule has 0 radical (unpaired) electrons. The number of rotatable bonds is 8. The zero-order chi connectivity index (χ0) is 17.9. The quantitative estimate of drug-likeness (QED) is 0.356. The van der Waals surface area contributed by atoms with Gasteiger partial charge in [0.05, 0.1) is 0 Å². The summed E-state index contributed by atoms with van der Waals surface area (Å²) in [5, 5.41) is 3.50. The second-order valence-corrected chi connectivity index (χ2v) is 6.75. The van der Waals surface area contributed by atoms with E-state index in [4.69, 9.17) is 4.74 Å². The van der Waals surface area contributed by atoms with Crippen LogP contribution in [0.15, 0.2) is 35.3 Å². The number of hydrogen-bond donors (Lipinski definition) is 1. The maximum atomic E-state index is 6.07. The van der Waals surface area contributed by atoms with E-state index in [1.165, 1.54) is 19.4 Å². The molecule has 26 heavy (non-hydrogen) atoms. The lowest BCUT2D eigenvalue weighted by atomic mass is 10.1. The number of nitrogens with one attached hydrogen (secondary N) is 1. The van der Waals surface area contributed by atoms with Crippen LogP contribution >= 0.6 is 24.0 Å². The van der Waals surface area contributed by atoms with Crippen molar-refractivity contribution in [3.63, 3.8) is 0 Å². The van der Waals surface area contributed by atoms with E-state index in [1.54, 1.807) is 0 Å². The van der Waals surface area contributed by atoms with Crippen molar-refractivity contribution in [2.24, 2.45) is 4.99 Å². The molecule has 2 rings (SSSR count). The van der Waals surface area contributed by atoms with Crippen LogP contribution in [0, 0.1) is 0 Å². The Balaban J connectivity index is 0.00000338. The normalized spacial score (nSPS) is 15.7. The number of nitrogens with zero attached hydrogens (tertiary/aromatic N) is 3. The van der Waals surface area contributed by atoms with E-state index in [0.29, 0.717) is 6.10 Å². The van der Waals surface area contributed by atoms with Gasteiger partial charge in [0.2, 0.25) is 0 Å². The SMILES string of the molecule is CCCCN(C)CCNC(=NC)N1CCC(Oc2ccccc2)CC1.I. The van der Waals surface area contributed by atoms with Gasteiger partial charge in [0.25, 0.3) is 0 Å². The molecule has 0 aliphatic carbocycles. The monoisotopic (exact) mass is 474 g/mol. The summed E-state index contributed by atoms with van der Waals surface area (Å²) in [5.74, 6) is 1.99. The molecular formula is C20H35IN4O. The molecule has 148 valence electrons. The summed E-state index contributed by atoms with van der Waals surface area (Å²) in [7, 11) is 4.06. The van der Waals surface area contributed by atoms with E-state index in [2.05, 4.69) is 34.1 Å². The Morgan fingerprint density at radius 1 is 1.23 bits per heavy atom. The molecule has 1 saturated heterocycles. The van der Waals surface area contributed by atoms with Crippen molar-refractivity contribution in [1.82, 2.24) is 15.1 Å². The second kappa shape index (κ2) is 13.2. The van der Waals surface area contributed by atoms with Crippen LogP contribution in [-0.4, -0.2) is 68.7 Å². The predicted octanol–water partition coefficient (Wildman–Crippen LogP) is 3.46. The van der Waals surface area contributed by atoms with E-state index in [0.717, 1.165) is 50.7 Å². The number of hydrogen-bond acceptors (Lipinski definition) is 3. The van der Waals surface area contributed by atoms with Gasteiger partial charge in [0.1, 0.15) is 11.9 Å². The summed E-state index contributed by atoms with van der Waals surface area (Å²) in [4.78, 5) is 9.17. The number of guanidine groups is 1. The van der Waals surface area contributed by atoms with E-state index >= 15 is 0 Å². The molecule has 1 aromatic rings. The number of aliphatic imine (C=N–C) groups is 1. The van der Waals surface area contributed by atoms with Gasteiger partial charge in [0.15, 0.2) is 5.96 Å². The predicted molar refractivity (Wildman–Crippen MR) is 121 cm³/mol. The molecule has 0 saturated carbocycles. The maximum absolute atomic E-state index is 6.07. The van der Waals surface area contributed by atoms with Crippen molar-refractivity contribution in [2.75, 3.05) is 46.8 Å². The molecule has 1 N–H and O–H groups in total. The van der Waals surface area contributed by atoms with Crippen LogP contribution in [0.25, 0.3) is 0 Å². The summed E-state index contributed by atoms with van der Waals surface area (Å²) in [5.41, 5.74) is 0. The standard InChI is InChI=1S/C20H34N4O.HI/c1-4-5-14-23(3)17-13-22-20(21-2)24-15-11-19(12-16-24)25-18-9-7-6-8-10-18;/h6-10,19H,4-5,11-17H2,1-3H3,(H,21,22);1H. The third-order valence-electron chi connectivity index (χ3n) is 4.67. The summed E-state index contributed by atoms with van der Waals surface area (Å²) < 4.78 is 6.07. The van der Waals surface area contributed by atoms with Gasteiger partial charge in [-0.05, 0) is 32.1 Å². The minimum atomic E-state index is 0. The number of halogens is 1. The van der Waals surface area contributed by atoms with E-state index < -0.39 is 0 Å². The molecule has 1 aromatic carbocycles. The summed E-state index contributed by atoms with van der Waals surface area (Å²) >= 11 is 0. The van der Waals surface area contributed by atoms with Gasteiger partial charge in [-0.15, -0.1) is 24.0 Å². The first-order valence-electron chi connectivity index (χ1n) is 9.58. The largest absolute Gasteiger partial charge is 0.490 e. The summed E-state index contributed by atoms with van der Waals surface area (Å²) in [6, 6.07) is 10.1. The first kappa shape index (κ1) is 23.0. The fourth-order valence-electron chi connectivity index (χ4n) is 3.11. The van der Waals surface area contributed by atoms with E-state index in [9.17, 15) is 0 Å². The maximum Gasteiger partial charge on any atom is 0.193 e. The molecule has 1 fully saturated rings. The number of piperidine rings is 1. The Morgan fingerprint density at radius 3 is 2.54 bits per heavy atom. The Bertz CT molecular complexity index is 504. The van der Waals surface area contributed by atoms with Crippen molar-refractivity contribution in [2.45, 2.75) is 38.7 Å². The highest BCUT2D eigenvalue weighted by molar-refractivity contribution is 14.0. The third-order valence-corrected chi connectivity index (χ3v) is 4.67. The molecule has 0 bridgehead atoms. The van der Waals surface area contributed by atoms with Crippen LogP contribution in [0.4, 0.5) is 0 Å². The molecule has 1 aliphatic heterocycles. The molecule has 1 heterocycles. The Morgan fingerprint density at radius 2 is 1.92 bits per heavy atom. The fraction of sp³-hybridized carbons (Fsp3) is 0.650. The van der Waals surface area contributed by atoms with Gasteiger partial charge in [0, 0.05) is 46.1 Å². The third kappa shape index (κ3) is 8.12. The number of benzene rings is 1. The number of likely N-dealkylation sites (N-methyl/N-ethyl adjacent to an activating group) is 1. The van der Waals surface area contributed by atoms with Crippen molar-refractivity contribution in [3.8, 4) is 5.75 Å². The highest BCUT2D eigenvalue weighted by atomic mass is 127. The number of likely N-dealkylation sites (tertiary alicyclic amines) is 1. The Kier molecular flexibility index (Phi) is 11.7. The van der Waals surface area contributed by atoms with Crippen molar-refractivity contribution in [1.29, 1.82) is 0 Å². The van der Waals surface area contributed by atoms with Crippen LogP contribution in [-0.2, 0) is 0 Å². The van der Waals surface area contributed by atoms with Crippen molar-refractivity contribution >= 4 is 29.9 Å². The molecule has 6 heteroatoms. The van der Waals surface area contributed by atoms with Crippen LogP contribution in [0.2, 0.25) is 0 Å². The molecule has 0 atom stereocenters. The Labute approximate surface area is 176 Å². The first-order chi connectivity index (χ1) is 12.2. The first-order valence-corrected chi connectivity index (χ1v) is 9.58. The molecule has 0 spiro atoms. The number of ether oxygens (including phenoxy) is 1. The second-order valence-electron chi connectivity index (χ2n) is 6.75. The van der Waals surface area contributed by atoms with Crippen molar-refractivity contribution < 1.29 is 4.74 Å². The summed E-state index contributed by atoms with van der Waals surface area (Å²) in [6.45, 7) is 7.36. The van der Waals surface area contributed by atoms with Gasteiger partial charge < -0.3 is 19.9 Å².